The van der Waals surface area contributed by atoms with Gasteiger partial charge in [-0.1, -0.05) is 178 Å². The number of hydrogen-bond donors (Lipinski definition) is 2. The van der Waals surface area contributed by atoms with Crippen LogP contribution in [0.5, 0.6) is 0 Å². The van der Waals surface area contributed by atoms with E-state index in [0.717, 1.165) is 96.2 Å². The number of hydroxylamine groups is 6. The van der Waals surface area contributed by atoms with Crippen LogP contribution in [0.3, 0.4) is 0 Å². The van der Waals surface area contributed by atoms with Crippen molar-refractivity contribution in [1.29, 1.82) is 0 Å². The number of pyridine rings is 1. The lowest BCUT2D eigenvalue weighted by atomic mass is 9.68. The van der Waals surface area contributed by atoms with E-state index in [1.165, 1.54) is 57.3 Å². The molecule has 0 saturated carbocycles. The molecule has 1 aliphatic carbocycles. The standard InChI is InChI=1S/C47H67N3O2.C9H12.2C2H6/c1-7-49(51,8-2)33-20-13-11-18-30-47(31-19-12-14-21-34-50(52,9-3)10-4)44-35-38(39-23-22-32-48-37-39)26-28-42(44)43-29-27-41(36-45(43)47)46(5,6)40-24-16-15-17-25-40;1-8(2)9-6-4-3-5-7-9;2*1-2/h15-17,22-29,32,35-37,51-52H,7-14,18-21,30-31,33-34H2,1-6H3;3-8H,1-2H3;2*1-2H3/q+2;;;. The molecule has 0 radical (unpaired) electrons. The normalized spacial score (nSPS) is 12.8. The van der Waals surface area contributed by atoms with Crippen LogP contribution in [0.15, 0.2) is 122 Å². The van der Waals surface area contributed by atoms with Gasteiger partial charge in [0.2, 0.25) is 0 Å². The summed E-state index contributed by atoms with van der Waals surface area (Å²) in [6, 6.07) is 40.2. The summed E-state index contributed by atoms with van der Waals surface area (Å²) in [4.78, 5) is 4.47. The molecule has 4 aromatic carbocycles. The zero-order valence-corrected chi connectivity index (χ0v) is 43.2. The number of fused-ring (bicyclic) bond motifs is 3. The van der Waals surface area contributed by atoms with Crippen molar-refractivity contribution < 1.29 is 19.7 Å². The van der Waals surface area contributed by atoms with Crippen LogP contribution in [-0.2, 0) is 10.8 Å². The highest BCUT2D eigenvalue weighted by molar-refractivity contribution is 5.84. The highest BCUT2D eigenvalue weighted by Crippen LogP contribution is 2.56. The second kappa shape index (κ2) is 27.5. The Hall–Kier alpha value is -4.13. The number of unbranched alkanes of at least 4 members (excludes halogenated alkanes) is 6. The van der Waals surface area contributed by atoms with Crippen molar-refractivity contribution in [2.45, 2.75) is 164 Å². The number of nitrogens with zero attached hydrogens (tertiary/aromatic N) is 3. The van der Waals surface area contributed by atoms with E-state index < -0.39 is 0 Å². The molecule has 5 heteroatoms. The van der Waals surface area contributed by atoms with Gasteiger partial charge in [0.15, 0.2) is 0 Å². The molecule has 0 aliphatic heterocycles. The van der Waals surface area contributed by atoms with Crippen molar-refractivity contribution in [2.75, 3.05) is 39.3 Å². The molecule has 1 heterocycles. The minimum absolute atomic E-state index is 0.0844. The van der Waals surface area contributed by atoms with Gasteiger partial charge in [-0.15, -0.1) is 0 Å². The molecule has 0 fully saturated rings. The number of quaternary nitrogens is 2. The van der Waals surface area contributed by atoms with Crippen LogP contribution in [0.1, 0.15) is 181 Å². The quantitative estimate of drug-likeness (QED) is 0.0414. The zero-order chi connectivity index (χ0) is 47.9. The topological polar surface area (TPSA) is 53.4 Å². The highest BCUT2D eigenvalue weighted by atomic mass is 16.5. The average molecular weight is 886 g/mol. The van der Waals surface area contributed by atoms with Gasteiger partial charge in [0.05, 0.1) is 0 Å². The Bertz CT molecular complexity index is 2010. The highest BCUT2D eigenvalue weighted by Gasteiger charge is 2.43. The number of rotatable bonds is 22. The van der Waals surface area contributed by atoms with E-state index in [1.807, 2.05) is 52.2 Å². The minimum Gasteiger partial charge on any atom is -0.264 e. The SMILES string of the molecule is CC.CC.CC(C)c1ccccc1.CC[N+](O)(CC)CCCCCCC1(CCCCCC[N+](O)(CC)CC)c2cc(-c3cccnc3)ccc2-c2ccc(C(C)(C)c3ccccc3)cc21. The molecule has 0 saturated heterocycles. The van der Waals surface area contributed by atoms with Crippen molar-refractivity contribution in [3.63, 3.8) is 0 Å². The van der Waals surface area contributed by atoms with E-state index in [2.05, 4.69) is 157 Å². The first-order valence-corrected chi connectivity index (χ1v) is 25.8. The molecule has 1 aromatic heterocycles. The molecule has 0 spiro atoms. The van der Waals surface area contributed by atoms with Gasteiger partial charge in [-0.2, -0.15) is 9.29 Å². The van der Waals surface area contributed by atoms with Crippen LogP contribution in [0, 0.1) is 0 Å². The summed E-state index contributed by atoms with van der Waals surface area (Å²) in [7, 11) is 0. The lowest BCUT2D eigenvalue weighted by Crippen LogP contribution is -2.44. The summed E-state index contributed by atoms with van der Waals surface area (Å²) in [5.74, 6) is 0.659. The average Bonchev–Trinajstić information content (AvgIpc) is 3.63. The monoisotopic (exact) mass is 886 g/mol. The Labute approximate surface area is 398 Å². The molecular formula is C60H91N3O2+2. The van der Waals surface area contributed by atoms with E-state index in [9.17, 15) is 10.4 Å². The minimum atomic E-state index is -0.126. The Morgan fingerprint density at radius 2 is 1.00 bits per heavy atom. The summed E-state index contributed by atoms with van der Waals surface area (Å²) in [5, 5.41) is 21.7. The van der Waals surface area contributed by atoms with Gasteiger partial charge >= 0.3 is 0 Å². The van der Waals surface area contributed by atoms with Gasteiger partial charge in [0.1, 0.15) is 39.3 Å². The molecule has 2 N–H and O–H groups in total. The fraction of sp³-hybridized carbons (Fsp3) is 0.517. The number of benzene rings is 4. The summed E-state index contributed by atoms with van der Waals surface area (Å²) >= 11 is 0. The first kappa shape index (κ1) is 55.2. The third-order valence-electron chi connectivity index (χ3n) is 14.2. The lowest BCUT2D eigenvalue weighted by molar-refractivity contribution is -1.10. The van der Waals surface area contributed by atoms with E-state index in [1.54, 1.807) is 0 Å². The van der Waals surface area contributed by atoms with Crippen molar-refractivity contribution in [2.24, 2.45) is 0 Å². The Morgan fingerprint density at radius 1 is 0.523 bits per heavy atom. The van der Waals surface area contributed by atoms with Crippen LogP contribution in [-0.4, -0.2) is 64.0 Å². The fourth-order valence-corrected chi connectivity index (χ4v) is 9.57. The predicted octanol–water partition coefficient (Wildman–Crippen LogP) is 16.6. The largest absolute Gasteiger partial charge is 0.264 e. The van der Waals surface area contributed by atoms with Crippen molar-refractivity contribution in [3.05, 3.63) is 149 Å². The van der Waals surface area contributed by atoms with Gasteiger partial charge in [0, 0.05) is 23.2 Å². The van der Waals surface area contributed by atoms with E-state index >= 15 is 0 Å². The Balaban J connectivity index is 0.000000754. The molecule has 5 aromatic rings. The maximum Gasteiger partial charge on any atom is 0.109 e. The van der Waals surface area contributed by atoms with Crippen LogP contribution in [0.4, 0.5) is 0 Å². The van der Waals surface area contributed by atoms with Gasteiger partial charge < -0.3 is 0 Å². The first-order chi connectivity index (χ1) is 31.3. The van der Waals surface area contributed by atoms with Gasteiger partial charge in [-0.3, -0.25) is 4.98 Å². The maximum atomic E-state index is 10.9. The van der Waals surface area contributed by atoms with E-state index in [-0.39, 0.29) is 20.1 Å². The van der Waals surface area contributed by atoms with Crippen LogP contribution in [0.25, 0.3) is 22.3 Å². The van der Waals surface area contributed by atoms with Gasteiger partial charge in [-0.05, 0) is 134 Å². The summed E-state index contributed by atoms with van der Waals surface area (Å²) in [6.45, 7) is 30.2. The zero-order valence-electron chi connectivity index (χ0n) is 43.2. The molecule has 0 unspecified atom stereocenters. The van der Waals surface area contributed by atoms with Gasteiger partial charge in [-0.25, -0.2) is 10.4 Å². The number of hydrogen-bond acceptors (Lipinski definition) is 3. The fourth-order valence-electron chi connectivity index (χ4n) is 9.57. The predicted molar refractivity (Wildman–Crippen MR) is 280 cm³/mol. The second-order valence-electron chi connectivity index (χ2n) is 18.6. The summed E-state index contributed by atoms with van der Waals surface area (Å²) in [6.07, 6.45) is 15.1. The number of aromatic nitrogens is 1. The van der Waals surface area contributed by atoms with Crippen molar-refractivity contribution >= 4 is 0 Å². The molecule has 356 valence electrons. The molecule has 5 nitrogen and oxygen atoms in total. The van der Waals surface area contributed by atoms with Crippen molar-refractivity contribution in [3.8, 4) is 22.3 Å². The molecule has 1 aliphatic rings. The summed E-state index contributed by atoms with van der Waals surface area (Å²) in [5.41, 5.74) is 12.1. The smallest absolute Gasteiger partial charge is 0.109 e. The van der Waals surface area contributed by atoms with Gasteiger partial charge in [0.25, 0.3) is 0 Å². The third-order valence-corrected chi connectivity index (χ3v) is 14.2. The van der Waals surface area contributed by atoms with Crippen LogP contribution in [0.2, 0.25) is 0 Å². The second-order valence-corrected chi connectivity index (χ2v) is 18.6. The third kappa shape index (κ3) is 14.9. The molecule has 0 amide bonds. The van der Waals surface area contributed by atoms with E-state index in [4.69, 9.17) is 0 Å². The first-order valence-electron chi connectivity index (χ1n) is 25.8. The van der Waals surface area contributed by atoms with Crippen LogP contribution >= 0.6 is 0 Å². The molecule has 65 heavy (non-hydrogen) atoms. The molecule has 0 atom stereocenters. The van der Waals surface area contributed by atoms with Crippen molar-refractivity contribution in [1.82, 2.24) is 4.98 Å². The summed E-state index contributed by atoms with van der Waals surface area (Å²) < 4.78 is 0.350. The van der Waals surface area contributed by atoms with E-state index in [0.29, 0.717) is 5.92 Å². The Kier molecular flexibility index (Phi) is 23.3. The Morgan fingerprint density at radius 3 is 1.46 bits per heavy atom. The van der Waals surface area contributed by atoms with Crippen LogP contribution < -0.4 is 0 Å². The lowest BCUT2D eigenvalue weighted by Gasteiger charge is -2.35. The maximum absolute atomic E-state index is 10.9. The molecule has 6 rings (SSSR count). The molecule has 0 bridgehead atoms. The molecular weight excluding hydrogens is 795 g/mol.